The van der Waals surface area contributed by atoms with E-state index in [1.807, 2.05) is 12.3 Å². The summed E-state index contributed by atoms with van der Waals surface area (Å²) in [5, 5.41) is 7.79. The van der Waals surface area contributed by atoms with Crippen LogP contribution in [0, 0.1) is 5.82 Å². The van der Waals surface area contributed by atoms with E-state index in [0.29, 0.717) is 24.5 Å². The maximum Gasteiger partial charge on any atom is 0.313 e. The van der Waals surface area contributed by atoms with Crippen molar-refractivity contribution in [2.75, 3.05) is 18.5 Å². The molecule has 29 heavy (non-hydrogen) atoms. The summed E-state index contributed by atoms with van der Waals surface area (Å²) in [5.74, 6) is -1.28. The maximum absolute atomic E-state index is 13.0. The number of thiazole rings is 1. The fourth-order valence-corrected chi connectivity index (χ4v) is 3.42. The maximum atomic E-state index is 13.0. The van der Waals surface area contributed by atoms with Crippen LogP contribution in [0.3, 0.4) is 0 Å². The highest BCUT2D eigenvalue weighted by molar-refractivity contribution is 7.13. The molecule has 150 valence electrons. The zero-order valence-electron chi connectivity index (χ0n) is 15.8. The molecule has 0 spiro atoms. The smallest absolute Gasteiger partial charge is 0.313 e. The third-order valence-electron chi connectivity index (χ3n) is 3.95. The van der Waals surface area contributed by atoms with Crippen LogP contribution in [0.25, 0.3) is 10.6 Å². The minimum absolute atomic E-state index is 0.270. The molecule has 0 fully saturated rings. The first-order valence-corrected chi connectivity index (χ1v) is 9.96. The van der Waals surface area contributed by atoms with Crippen molar-refractivity contribution < 1.29 is 18.7 Å². The summed E-state index contributed by atoms with van der Waals surface area (Å²) in [6.45, 7) is 2.56. The van der Waals surface area contributed by atoms with Gasteiger partial charge in [-0.1, -0.05) is 12.1 Å². The molecule has 3 aromatic rings. The number of ether oxygens (including phenoxy) is 1. The molecule has 0 unspecified atom stereocenters. The number of carbonyl (C=O) groups is 2. The predicted octanol–water partition coefficient (Wildman–Crippen LogP) is 3.65. The van der Waals surface area contributed by atoms with Gasteiger partial charge >= 0.3 is 11.8 Å². The topological polar surface area (TPSA) is 80.3 Å². The Bertz CT molecular complexity index is 989. The Kier molecular flexibility index (Phi) is 6.91. The van der Waals surface area contributed by atoms with Crippen LogP contribution in [-0.4, -0.2) is 29.9 Å². The van der Waals surface area contributed by atoms with Gasteiger partial charge in [0.15, 0.2) is 0 Å². The van der Waals surface area contributed by atoms with Gasteiger partial charge in [-0.3, -0.25) is 9.59 Å². The number of nitrogens with zero attached hydrogens (tertiary/aromatic N) is 1. The number of rotatable bonds is 7. The van der Waals surface area contributed by atoms with Gasteiger partial charge in [-0.25, -0.2) is 9.37 Å². The first kappa shape index (κ1) is 20.5. The highest BCUT2D eigenvalue weighted by atomic mass is 32.1. The molecule has 2 aromatic carbocycles. The number of hydrogen-bond acceptors (Lipinski definition) is 5. The highest BCUT2D eigenvalue weighted by Crippen LogP contribution is 2.24. The van der Waals surface area contributed by atoms with Crippen molar-refractivity contribution in [3.63, 3.8) is 0 Å². The number of hydrogen-bond donors (Lipinski definition) is 2. The average Bonchev–Trinajstić information content (AvgIpc) is 3.19. The third-order valence-corrected chi connectivity index (χ3v) is 4.89. The molecule has 0 bridgehead atoms. The summed E-state index contributed by atoms with van der Waals surface area (Å²) in [5.41, 5.74) is 2.06. The Labute approximate surface area is 171 Å². The summed E-state index contributed by atoms with van der Waals surface area (Å²) in [4.78, 5) is 28.6. The number of anilines is 1. The lowest BCUT2D eigenvalue weighted by atomic mass is 10.2. The number of para-hydroxylation sites is 2. The van der Waals surface area contributed by atoms with E-state index in [2.05, 4.69) is 15.6 Å². The third kappa shape index (κ3) is 5.61. The van der Waals surface area contributed by atoms with E-state index in [-0.39, 0.29) is 12.4 Å². The Balaban J connectivity index is 1.50. The molecule has 0 aliphatic carbocycles. The number of benzene rings is 2. The fraction of sp³-hybridized carbons (Fsp3) is 0.190. The summed E-state index contributed by atoms with van der Waals surface area (Å²) in [6.07, 6.45) is 0.478. The van der Waals surface area contributed by atoms with Crippen LogP contribution in [0.5, 0.6) is 5.75 Å². The van der Waals surface area contributed by atoms with E-state index in [4.69, 9.17) is 4.74 Å². The lowest BCUT2D eigenvalue weighted by molar-refractivity contribution is -0.136. The second-order valence-corrected chi connectivity index (χ2v) is 6.90. The largest absolute Gasteiger partial charge is 0.492 e. The molecule has 6 nitrogen and oxygen atoms in total. The molecule has 3 rings (SSSR count). The molecule has 8 heteroatoms. The first-order chi connectivity index (χ1) is 14.1. The molecule has 2 N–H and O–H groups in total. The van der Waals surface area contributed by atoms with E-state index in [0.717, 1.165) is 16.3 Å². The first-order valence-electron chi connectivity index (χ1n) is 9.08. The summed E-state index contributed by atoms with van der Waals surface area (Å²) in [7, 11) is 0. The zero-order valence-corrected chi connectivity index (χ0v) is 16.6. The van der Waals surface area contributed by atoms with Crippen molar-refractivity contribution in [3.8, 4) is 16.3 Å². The number of amides is 2. The SMILES string of the molecule is CCOc1ccccc1NC(=O)C(=O)NCCc1csc(-c2ccc(F)cc2)n1. The Morgan fingerprint density at radius 1 is 1.10 bits per heavy atom. The lowest BCUT2D eigenvalue weighted by Crippen LogP contribution is -2.36. The number of nitrogens with one attached hydrogen (secondary N) is 2. The normalized spacial score (nSPS) is 10.4. The van der Waals surface area contributed by atoms with Gasteiger partial charge in [0.05, 0.1) is 18.0 Å². The van der Waals surface area contributed by atoms with Gasteiger partial charge in [0, 0.05) is 23.9 Å². The molecule has 0 radical (unpaired) electrons. The zero-order chi connectivity index (χ0) is 20.6. The molecule has 0 aliphatic heterocycles. The van der Waals surface area contributed by atoms with Gasteiger partial charge in [0.2, 0.25) is 0 Å². The fourth-order valence-electron chi connectivity index (χ4n) is 2.56. The standard InChI is InChI=1S/C21H20FN3O3S/c1-2-28-18-6-4-3-5-17(18)25-20(27)19(26)23-12-11-16-13-29-21(24-16)14-7-9-15(22)10-8-14/h3-10,13H,2,11-12H2,1H3,(H,23,26)(H,25,27). The molecule has 1 heterocycles. The van der Waals surface area contributed by atoms with Crippen LogP contribution in [0.4, 0.5) is 10.1 Å². The second kappa shape index (κ2) is 9.79. The van der Waals surface area contributed by atoms with Gasteiger partial charge in [-0.05, 0) is 43.3 Å². The Morgan fingerprint density at radius 2 is 1.86 bits per heavy atom. The van der Waals surface area contributed by atoms with E-state index in [9.17, 15) is 14.0 Å². The van der Waals surface area contributed by atoms with Gasteiger partial charge in [-0.2, -0.15) is 0 Å². The van der Waals surface area contributed by atoms with E-state index < -0.39 is 11.8 Å². The van der Waals surface area contributed by atoms with Gasteiger partial charge in [0.1, 0.15) is 16.6 Å². The number of carbonyl (C=O) groups excluding carboxylic acids is 2. The number of halogens is 1. The quantitative estimate of drug-likeness (QED) is 0.580. The summed E-state index contributed by atoms with van der Waals surface area (Å²) in [6, 6.07) is 13.0. The van der Waals surface area contributed by atoms with Crippen LogP contribution in [0.2, 0.25) is 0 Å². The minimum atomic E-state index is -0.762. The van der Waals surface area contributed by atoms with Crippen molar-refractivity contribution in [1.82, 2.24) is 10.3 Å². The van der Waals surface area contributed by atoms with Gasteiger partial charge in [-0.15, -0.1) is 11.3 Å². The molecule has 1 aromatic heterocycles. The average molecular weight is 413 g/mol. The van der Waals surface area contributed by atoms with Crippen LogP contribution in [-0.2, 0) is 16.0 Å². The van der Waals surface area contributed by atoms with E-state index in [1.54, 1.807) is 36.4 Å². The lowest BCUT2D eigenvalue weighted by Gasteiger charge is -2.11. The molecule has 0 saturated carbocycles. The van der Waals surface area contributed by atoms with Crippen molar-refractivity contribution in [1.29, 1.82) is 0 Å². The van der Waals surface area contributed by atoms with Crippen LogP contribution in [0.15, 0.2) is 53.9 Å². The van der Waals surface area contributed by atoms with Crippen molar-refractivity contribution in [2.24, 2.45) is 0 Å². The van der Waals surface area contributed by atoms with E-state index >= 15 is 0 Å². The number of aromatic nitrogens is 1. The monoisotopic (exact) mass is 413 g/mol. The molecule has 2 amide bonds. The minimum Gasteiger partial charge on any atom is -0.492 e. The van der Waals surface area contributed by atoms with Gasteiger partial charge in [0.25, 0.3) is 0 Å². The molecular formula is C21H20FN3O3S. The Morgan fingerprint density at radius 3 is 2.62 bits per heavy atom. The molecule has 0 saturated heterocycles. The van der Waals surface area contributed by atoms with Crippen LogP contribution < -0.4 is 15.4 Å². The van der Waals surface area contributed by atoms with Crippen molar-refractivity contribution in [2.45, 2.75) is 13.3 Å². The highest BCUT2D eigenvalue weighted by Gasteiger charge is 2.15. The Hall–Kier alpha value is -3.26. The molecule has 0 atom stereocenters. The van der Waals surface area contributed by atoms with Gasteiger partial charge < -0.3 is 15.4 Å². The van der Waals surface area contributed by atoms with E-state index in [1.165, 1.54) is 23.5 Å². The van der Waals surface area contributed by atoms with Crippen molar-refractivity contribution >= 4 is 28.8 Å². The van der Waals surface area contributed by atoms with Crippen LogP contribution >= 0.6 is 11.3 Å². The van der Waals surface area contributed by atoms with Crippen LogP contribution in [0.1, 0.15) is 12.6 Å². The predicted molar refractivity (Wildman–Crippen MR) is 110 cm³/mol. The molecular weight excluding hydrogens is 393 g/mol. The second-order valence-electron chi connectivity index (χ2n) is 6.04. The van der Waals surface area contributed by atoms with Crippen molar-refractivity contribution in [3.05, 3.63) is 65.4 Å². The summed E-state index contributed by atoms with van der Waals surface area (Å²) >= 11 is 1.44. The summed E-state index contributed by atoms with van der Waals surface area (Å²) < 4.78 is 18.4. The molecule has 0 aliphatic rings.